The van der Waals surface area contributed by atoms with E-state index in [1.54, 1.807) is 0 Å². The number of para-hydroxylation sites is 1. The van der Waals surface area contributed by atoms with Gasteiger partial charge in [0.25, 0.3) is 0 Å². The minimum absolute atomic E-state index is 0.0435. The molecule has 2 aromatic carbocycles. The van der Waals surface area contributed by atoms with Gasteiger partial charge in [-0.05, 0) is 36.8 Å². The quantitative estimate of drug-likeness (QED) is 0.875. The van der Waals surface area contributed by atoms with Crippen LogP contribution >= 0.6 is 15.9 Å². The Morgan fingerprint density at radius 2 is 1.90 bits per heavy atom. The Morgan fingerprint density at radius 1 is 1.15 bits per heavy atom. The number of hydrogen-bond acceptors (Lipinski definition) is 2. The van der Waals surface area contributed by atoms with Crippen molar-refractivity contribution in [3.8, 4) is 0 Å². The molecule has 1 amide bonds. The monoisotopic (exact) mass is 332 g/mol. The molecule has 0 aromatic heterocycles. The van der Waals surface area contributed by atoms with Crippen LogP contribution in [-0.4, -0.2) is 12.5 Å². The maximum Gasteiger partial charge on any atom is 0.238 e. The fourth-order valence-electron chi connectivity index (χ4n) is 1.87. The Morgan fingerprint density at radius 3 is 2.60 bits per heavy atom. The van der Waals surface area contributed by atoms with Crippen molar-refractivity contribution in [2.45, 2.75) is 13.0 Å². The van der Waals surface area contributed by atoms with Crippen molar-refractivity contribution in [3.63, 3.8) is 0 Å². The molecule has 104 valence electrons. The fourth-order valence-corrected chi connectivity index (χ4v) is 2.28. The number of carbonyl (C=O) groups excluding carboxylic acids is 1. The van der Waals surface area contributed by atoms with E-state index < -0.39 is 0 Å². The molecule has 2 rings (SSSR count). The van der Waals surface area contributed by atoms with Gasteiger partial charge in [-0.1, -0.05) is 46.3 Å². The second-order valence-corrected chi connectivity index (χ2v) is 5.49. The zero-order chi connectivity index (χ0) is 14.4. The zero-order valence-corrected chi connectivity index (χ0v) is 12.9. The molecule has 0 radical (unpaired) electrons. The van der Waals surface area contributed by atoms with Crippen molar-refractivity contribution >= 4 is 27.5 Å². The molecule has 0 aliphatic heterocycles. The first-order valence-electron chi connectivity index (χ1n) is 6.49. The van der Waals surface area contributed by atoms with E-state index >= 15 is 0 Å². The van der Waals surface area contributed by atoms with Crippen LogP contribution in [0.3, 0.4) is 0 Å². The van der Waals surface area contributed by atoms with Gasteiger partial charge in [-0.25, -0.2) is 0 Å². The lowest BCUT2D eigenvalue weighted by molar-refractivity contribution is -0.115. The van der Waals surface area contributed by atoms with Crippen LogP contribution in [0, 0.1) is 0 Å². The maximum atomic E-state index is 11.8. The summed E-state index contributed by atoms with van der Waals surface area (Å²) >= 11 is 3.45. The molecular weight excluding hydrogens is 316 g/mol. The zero-order valence-electron chi connectivity index (χ0n) is 11.3. The number of nitrogens with one attached hydrogen (secondary N) is 2. The van der Waals surface area contributed by atoms with E-state index in [-0.39, 0.29) is 18.5 Å². The first kappa shape index (κ1) is 14.8. The average molecular weight is 333 g/mol. The molecule has 4 heteroatoms. The van der Waals surface area contributed by atoms with E-state index in [9.17, 15) is 4.79 Å². The van der Waals surface area contributed by atoms with Gasteiger partial charge in [0, 0.05) is 16.2 Å². The average Bonchev–Trinajstić information content (AvgIpc) is 2.46. The first-order valence-corrected chi connectivity index (χ1v) is 7.28. The molecule has 0 saturated carbocycles. The largest absolute Gasteiger partial charge is 0.325 e. The highest BCUT2D eigenvalue weighted by Gasteiger charge is 2.08. The predicted molar refractivity (Wildman–Crippen MR) is 85.6 cm³/mol. The number of benzene rings is 2. The molecule has 0 unspecified atom stereocenters. The number of carbonyl (C=O) groups is 1. The third-order valence-electron chi connectivity index (χ3n) is 2.98. The van der Waals surface area contributed by atoms with Gasteiger partial charge in [0.05, 0.1) is 6.54 Å². The molecule has 1 atom stereocenters. The molecule has 0 aliphatic rings. The van der Waals surface area contributed by atoms with Gasteiger partial charge in [0.1, 0.15) is 0 Å². The minimum atomic E-state index is -0.0435. The van der Waals surface area contributed by atoms with Crippen LogP contribution < -0.4 is 10.6 Å². The Bertz CT molecular complexity index is 572. The van der Waals surface area contributed by atoms with Gasteiger partial charge in [0.15, 0.2) is 0 Å². The van der Waals surface area contributed by atoms with E-state index in [4.69, 9.17) is 0 Å². The molecular formula is C16H17BrN2O. The topological polar surface area (TPSA) is 41.1 Å². The third kappa shape index (κ3) is 4.47. The summed E-state index contributed by atoms with van der Waals surface area (Å²) in [7, 11) is 0. The van der Waals surface area contributed by atoms with Crippen LogP contribution in [0.1, 0.15) is 18.5 Å². The van der Waals surface area contributed by atoms with E-state index in [1.165, 1.54) is 0 Å². The molecule has 0 fully saturated rings. The number of anilines is 1. The van der Waals surface area contributed by atoms with E-state index in [2.05, 4.69) is 26.6 Å². The van der Waals surface area contributed by atoms with E-state index in [0.717, 1.165) is 15.7 Å². The Kier molecular flexibility index (Phi) is 5.32. The molecule has 3 nitrogen and oxygen atoms in total. The summed E-state index contributed by atoms with van der Waals surface area (Å²) in [5.41, 5.74) is 1.96. The summed E-state index contributed by atoms with van der Waals surface area (Å²) in [5, 5.41) is 6.06. The van der Waals surface area contributed by atoms with Crippen molar-refractivity contribution in [2.24, 2.45) is 0 Å². The lowest BCUT2D eigenvalue weighted by Gasteiger charge is -2.14. The van der Waals surface area contributed by atoms with Gasteiger partial charge < -0.3 is 10.6 Å². The summed E-state index contributed by atoms with van der Waals surface area (Å²) < 4.78 is 1.04. The van der Waals surface area contributed by atoms with Crippen molar-refractivity contribution < 1.29 is 4.79 Å². The number of amides is 1. The van der Waals surface area contributed by atoms with E-state index in [0.29, 0.717) is 0 Å². The normalized spacial score (nSPS) is 11.9. The predicted octanol–water partition coefficient (Wildman–Crippen LogP) is 3.74. The Labute approximate surface area is 127 Å². The highest BCUT2D eigenvalue weighted by molar-refractivity contribution is 9.10. The lowest BCUT2D eigenvalue weighted by Crippen LogP contribution is -2.30. The Hall–Kier alpha value is -1.65. The van der Waals surface area contributed by atoms with Gasteiger partial charge in [-0.15, -0.1) is 0 Å². The van der Waals surface area contributed by atoms with Crippen LogP contribution in [-0.2, 0) is 4.79 Å². The molecule has 0 heterocycles. The van der Waals surface area contributed by atoms with Gasteiger partial charge in [-0.3, -0.25) is 4.79 Å². The molecule has 2 aromatic rings. The molecule has 0 spiro atoms. The van der Waals surface area contributed by atoms with Crippen LogP contribution in [0.25, 0.3) is 0 Å². The van der Waals surface area contributed by atoms with Crippen molar-refractivity contribution in [1.29, 1.82) is 0 Å². The van der Waals surface area contributed by atoms with Crippen molar-refractivity contribution in [2.75, 3.05) is 11.9 Å². The summed E-state index contributed by atoms with van der Waals surface area (Å²) in [6.45, 7) is 2.32. The summed E-state index contributed by atoms with van der Waals surface area (Å²) in [4.78, 5) is 11.8. The lowest BCUT2D eigenvalue weighted by atomic mass is 10.1. The van der Waals surface area contributed by atoms with Crippen LogP contribution in [0.5, 0.6) is 0 Å². The highest BCUT2D eigenvalue weighted by atomic mass is 79.9. The molecule has 2 N–H and O–H groups in total. The Balaban J connectivity index is 1.84. The van der Waals surface area contributed by atoms with Crippen molar-refractivity contribution in [3.05, 3.63) is 64.6 Å². The summed E-state index contributed by atoms with van der Waals surface area (Å²) in [5.74, 6) is -0.0435. The smallest absolute Gasteiger partial charge is 0.238 e. The van der Waals surface area contributed by atoms with Crippen LogP contribution in [0.2, 0.25) is 0 Å². The first-order chi connectivity index (χ1) is 9.65. The molecule has 0 bridgehead atoms. The number of hydrogen-bond donors (Lipinski definition) is 2. The summed E-state index contributed by atoms with van der Waals surface area (Å²) in [6, 6.07) is 17.6. The standard InChI is InChI=1S/C16H17BrN2O/c1-12(13-6-5-7-14(17)10-13)18-11-16(20)19-15-8-3-2-4-9-15/h2-10,12,18H,11H2,1H3,(H,19,20)/t12-/m1/s1. The second-order valence-electron chi connectivity index (χ2n) is 4.57. The van der Waals surface area contributed by atoms with Crippen LogP contribution in [0.4, 0.5) is 5.69 Å². The molecule has 20 heavy (non-hydrogen) atoms. The third-order valence-corrected chi connectivity index (χ3v) is 3.47. The van der Waals surface area contributed by atoms with Gasteiger partial charge in [-0.2, -0.15) is 0 Å². The van der Waals surface area contributed by atoms with Crippen LogP contribution in [0.15, 0.2) is 59.1 Å². The SMILES string of the molecule is C[C@@H](NCC(=O)Nc1ccccc1)c1cccc(Br)c1. The van der Waals surface area contributed by atoms with Gasteiger partial charge >= 0.3 is 0 Å². The maximum absolute atomic E-state index is 11.8. The molecule has 0 aliphatic carbocycles. The number of rotatable bonds is 5. The van der Waals surface area contributed by atoms with Gasteiger partial charge in [0.2, 0.25) is 5.91 Å². The highest BCUT2D eigenvalue weighted by Crippen LogP contribution is 2.17. The summed E-state index contributed by atoms with van der Waals surface area (Å²) in [6.07, 6.45) is 0. The second kappa shape index (κ2) is 7.22. The van der Waals surface area contributed by atoms with Crippen molar-refractivity contribution in [1.82, 2.24) is 5.32 Å². The molecule has 0 saturated heterocycles. The fraction of sp³-hybridized carbons (Fsp3) is 0.188. The number of halogens is 1. The minimum Gasteiger partial charge on any atom is -0.325 e. The van der Waals surface area contributed by atoms with E-state index in [1.807, 2.05) is 61.5 Å².